The molecule has 0 radical (unpaired) electrons. The Bertz CT molecular complexity index is 1000. The van der Waals surface area contributed by atoms with E-state index in [2.05, 4.69) is 21.2 Å². The summed E-state index contributed by atoms with van der Waals surface area (Å²) in [6, 6.07) is 13.5. The van der Waals surface area contributed by atoms with Gasteiger partial charge in [-0.2, -0.15) is 5.10 Å². The van der Waals surface area contributed by atoms with E-state index in [9.17, 15) is 4.79 Å². The van der Waals surface area contributed by atoms with Crippen molar-refractivity contribution in [2.24, 2.45) is 0 Å². The van der Waals surface area contributed by atoms with Crippen LogP contribution in [0.15, 0.2) is 48.7 Å². The molecule has 0 aliphatic carbocycles. The quantitative estimate of drug-likeness (QED) is 0.615. The van der Waals surface area contributed by atoms with Crippen LogP contribution in [0.5, 0.6) is 0 Å². The molecule has 0 fully saturated rings. The van der Waals surface area contributed by atoms with E-state index in [1.165, 1.54) is 0 Å². The van der Waals surface area contributed by atoms with Gasteiger partial charge in [0, 0.05) is 12.4 Å². The van der Waals surface area contributed by atoms with Crippen LogP contribution in [0.2, 0.25) is 0 Å². The third kappa shape index (κ3) is 2.35. The fourth-order valence-electron chi connectivity index (χ4n) is 2.75. The Balaban J connectivity index is 1.68. The number of nitrogens with one attached hydrogen (secondary N) is 1. The lowest BCUT2D eigenvalue weighted by atomic mass is 10.1. The highest BCUT2D eigenvalue weighted by Crippen LogP contribution is 2.30. The van der Waals surface area contributed by atoms with Crippen molar-refractivity contribution in [1.29, 1.82) is 0 Å². The maximum Gasteiger partial charge on any atom is 0.254 e. The minimum atomic E-state index is -0.0999. The van der Waals surface area contributed by atoms with Crippen molar-refractivity contribution in [2.45, 2.75) is 13.0 Å². The fourth-order valence-corrected chi connectivity index (χ4v) is 3.82. The summed E-state index contributed by atoms with van der Waals surface area (Å²) in [5, 5.41) is 8.71. The van der Waals surface area contributed by atoms with Crippen LogP contribution >= 0.6 is 11.3 Å². The van der Waals surface area contributed by atoms with E-state index < -0.39 is 0 Å². The minimum Gasteiger partial charge on any atom is -0.332 e. The maximum atomic E-state index is 12.9. The standard InChI is InChI=1S/C18H16N4OS/c1-11(17-20-15-7-3-4-9-16(15)24-17)22(2)18(23)12-6-5-8-14-13(12)10-19-21-14/h3-11H,1-2H3,(H,19,21)/t11-/m1/s1. The SMILES string of the molecule is C[C@H](c1nc2ccccc2s1)N(C)C(=O)c1cccc2[nH]ncc12. The first-order valence-electron chi connectivity index (χ1n) is 7.70. The van der Waals surface area contributed by atoms with Crippen molar-refractivity contribution >= 4 is 38.4 Å². The lowest BCUT2D eigenvalue weighted by Crippen LogP contribution is -2.29. The Morgan fingerprint density at radius 2 is 2.04 bits per heavy atom. The van der Waals surface area contributed by atoms with Gasteiger partial charge < -0.3 is 4.90 Å². The molecule has 0 aliphatic heterocycles. The van der Waals surface area contributed by atoms with E-state index >= 15 is 0 Å². The molecule has 0 spiro atoms. The average Bonchev–Trinajstić information content (AvgIpc) is 3.25. The number of benzene rings is 2. The second kappa shape index (κ2) is 5.72. The number of H-pyrrole nitrogens is 1. The molecule has 0 aliphatic rings. The Kier molecular flexibility index (Phi) is 3.54. The number of amides is 1. The third-order valence-electron chi connectivity index (χ3n) is 4.28. The first kappa shape index (κ1) is 14.8. The molecule has 1 amide bonds. The van der Waals surface area contributed by atoms with Crippen molar-refractivity contribution in [3.8, 4) is 0 Å². The molecule has 2 aromatic carbocycles. The summed E-state index contributed by atoms with van der Waals surface area (Å²) in [5.74, 6) is -0.0336. The van der Waals surface area contributed by atoms with E-state index in [0.29, 0.717) is 5.56 Å². The van der Waals surface area contributed by atoms with E-state index in [4.69, 9.17) is 0 Å². The molecule has 0 saturated carbocycles. The molecule has 24 heavy (non-hydrogen) atoms. The number of carbonyl (C=O) groups is 1. The number of aromatic nitrogens is 3. The predicted octanol–water partition coefficient (Wildman–Crippen LogP) is 4.01. The van der Waals surface area contributed by atoms with Gasteiger partial charge in [0.05, 0.1) is 33.5 Å². The van der Waals surface area contributed by atoms with E-state index in [1.54, 1.807) is 22.4 Å². The molecule has 2 heterocycles. The van der Waals surface area contributed by atoms with Gasteiger partial charge in [-0.15, -0.1) is 11.3 Å². The summed E-state index contributed by atoms with van der Waals surface area (Å²) in [7, 11) is 1.82. The zero-order valence-electron chi connectivity index (χ0n) is 13.4. The number of hydrogen-bond donors (Lipinski definition) is 1. The molecule has 0 saturated heterocycles. The number of hydrogen-bond acceptors (Lipinski definition) is 4. The molecule has 4 aromatic rings. The molecule has 0 unspecified atom stereocenters. The highest BCUT2D eigenvalue weighted by molar-refractivity contribution is 7.18. The number of nitrogens with zero attached hydrogens (tertiary/aromatic N) is 3. The van der Waals surface area contributed by atoms with Crippen molar-refractivity contribution in [3.63, 3.8) is 0 Å². The van der Waals surface area contributed by atoms with Crippen molar-refractivity contribution in [3.05, 3.63) is 59.2 Å². The molecule has 4 rings (SSSR count). The highest BCUT2D eigenvalue weighted by Gasteiger charge is 2.23. The normalized spacial score (nSPS) is 12.6. The number of thiazole rings is 1. The van der Waals surface area contributed by atoms with Crippen LogP contribution in [0.4, 0.5) is 0 Å². The van der Waals surface area contributed by atoms with Crippen LogP contribution < -0.4 is 0 Å². The van der Waals surface area contributed by atoms with Crippen LogP contribution in [-0.2, 0) is 0 Å². The number of para-hydroxylation sites is 1. The number of rotatable bonds is 3. The zero-order chi connectivity index (χ0) is 16.7. The Labute approximate surface area is 142 Å². The molecular formula is C18H16N4OS. The summed E-state index contributed by atoms with van der Waals surface area (Å²) >= 11 is 1.63. The van der Waals surface area contributed by atoms with Crippen molar-refractivity contribution in [1.82, 2.24) is 20.1 Å². The Morgan fingerprint density at radius 3 is 2.88 bits per heavy atom. The summed E-state index contributed by atoms with van der Waals surface area (Å²) in [6.07, 6.45) is 1.69. The first-order valence-corrected chi connectivity index (χ1v) is 8.51. The largest absolute Gasteiger partial charge is 0.332 e. The van der Waals surface area contributed by atoms with Gasteiger partial charge in [-0.05, 0) is 31.2 Å². The smallest absolute Gasteiger partial charge is 0.254 e. The van der Waals surface area contributed by atoms with Crippen LogP contribution in [-0.4, -0.2) is 33.0 Å². The third-order valence-corrected chi connectivity index (χ3v) is 5.49. The Morgan fingerprint density at radius 1 is 1.21 bits per heavy atom. The van der Waals surface area contributed by atoms with Gasteiger partial charge in [0.2, 0.25) is 0 Å². The van der Waals surface area contributed by atoms with Crippen LogP contribution in [0, 0.1) is 0 Å². The van der Waals surface area contributed by atoms with E-state index in [-0.39, 0.29) is 11.9 Å². The van der Waals surface area contributed by atoms with Crippen molar-refractivity contribution < 1.29 is 4.79 Å². The lowest BCUT2D eigenvalue weighted by Gasteiger charge is -2.23. The molecule has 5 nitrogen and oxygen atoms in total. The van der Waals surface area contributed by atoms with Gasteiger partial charge in [0.15, 0.2) is 0 Å². The first-order chi connectivity index (χ1) is 11.6. The van der Waals surface area contributed by atoms with Crippen molar-refractivity contribution in [2.75, 3.05) is 7.05 Å². The molecule has 1 atom stereocenters. The summed E-state index contributed by atoms with van der Waals surface area (Å²) in [4.78, 5) is 19.4. The minimum absolute atomic E-state index is 0.0336. The van der Waals surface area contributed by atoms with E-state index in [1.807, 2.05) is 50.4 Å². The van der Waals surface area contributed by atoms with Crippen LogP contribution in [0.1, 0.15) is 28.3 Å². The van der Waals surface area contributed by atoms with Gasteiger partial charge in [0.1, 0.15) is 5.01 Å². The average molecular weight is 336 g/mol. The summed E-state index contributed by atoms with van der Waals surface area (Å²) in [5.41, 5.74) is 2.49. The molecule has 2 aromatic heterocycles. The molecular weight excluding hydrogens is 320 g/mol. The second-order valence-corrected chi connectivity index (χ2v) is 6.81. The van der Waals surface area contributed by atoms with Gasteiger partial charge in [-0.1, -0.05) is 18.2 Å². The van der Waals surface area contributed by atoms with Gasteiger partial charge in [0.25, 0.3) is 5.91 Å². The summed E-state index contributed by atoms with van der Waals surface area (Å²) < 4.78 is 1.14. The predicted molar refractivity (Wildman–Crippen MR) is 96.2 cm³/mol. The molecule has 0 bridgehead atoms. The molecule has 1 N–H and O–H groups in total. The zero-order valence-corrected chi connectivity index (χ0v) is 14.2. The van der Waals surface area contributed by atoms with Crippen LogP contribution in [0.3, 0.4) is 0 Å². The number of aromatic amines is 1. The lowest BCUT2D eigenvalue weighted by molar-refractivity contribution is 0.0744. The monoisotopic (exact) mass is 336 g/mol. The van der Waals surface area contributed by atoms with Gasteiger partial charge >= 0.3 is 0 Å². The van der Waals surface area contributed by atoms with E-state index in [0.717, 1.165) is 26.1 Å². The summed E-state index contributed by atoms with van der Waals surface area (Å²) in [6.45, 7) is 2.01. The second-order valence-electron chi connectivity index (χ2n) is 5.75. The van der Waals surface area contributed by atoms with Gasteiger partial charge in [-0.25, -0.2) is 4.98 Å². The maximum absolute atomic E-state index is 12.9. The number of fused-ring (bicyclic) bond motifs is 2. The van der Waals surface area contributed by atoms with Gasteiger partial charge in [-0.3, -0.25) is 9.89 Å². The number of carbonyl (C=O) groups excluding carboxylic acids is 1. The highest BCUT2D eigenvalue weighted by atomic mass is 32.1. The molecule has 6 heteroatoms. The fraction of sp³-hybridized carbons (Fsp3) is 0.167. The Hall–Kier alpha value is -2.73. The topological polar surface area (TPSA) is 61.9 Å². The van der Waals surface area contributed by atoms with Crippen LogP contribution in [0.25, 0.3) is 21.1 Å². The molecule has 120 valence electrons.